The predicted molar refractivity (Wildman–Crippen MR) is 133 cm³/mol. The lowest BCUT2D eigenvalue weighted by Gasteiger charge is -2.22. The van der Waals surface area contributed by atoms with Gasteiger partial charge in [0.2, 0.25) is 0 Å². The van der Waals surface area contributed by atoms with Crippen molar-refractivity contribution in [3.8, 4) is 0 Å². The molecular formula is C27H30NO3P. The van der Waals surface area contributed by atoms with Gasteiger partial charge in [0.05, 0.1) is 12.7 Å². The van der Waals surface area contributed by atoms with Crippen molar-refractivity contribution >= 4 is 35.6 Å². The van der Waals surface area contributed by atoms with Crippen molar-refractivity contribution in [3.05, 3.63) is 90.0 Å². The molecule has 3 aromatic carbocycles. The Morgan fingerprint density at radius 1 is 0.812 bits per heavy atom. The number of carbonyl (C=O) groups is 2. The summed E-state index contributed by atoms with van der Waals surface area (Å²) in [4.78, 5) is 25.6. The van der Waals surface area contributed by atoms with Crippen LogP contribution in [0.4, 0.5) is 0 Å². The summed E-state index contributed by atoms with van der Waals surface area (Å²) in [5.41, 5.74) is 6.70. The van der Waals surface area contributed by atoms with E-state index in [-0.39, 0.29) is 11.8 Å². The smallest absolute Gasteiger partial charge is 0.338 e. The number of hydrogen-bond acceptors (Lipinski definition) is 4. The fraction of sp³-hybridized carbons (Fsp3) is 0.259. The van der Waals surface area contributed by atoms with E-state index < -0.39 is 7.92 Å². The minimum Gasteiger partial charge on any atom is -0.465 e. The van der Waals surface area contributed by atoms with Gasteiger partial charge in [0.25, 0.3) is 0 Å². The van der Waals surface area contributed by atoms with Crippen molar-refractivity contribution in [3.63, 3.8) is 0 Å². The summed E-state index contributed by atoms with van der Waals surface area (Å²) in [6.45, 7) is 0.689. The molecule has 0 aliphatic rings. The number of nitrogens with two attached hydrogens (primary N) is 1. The van der Waals surface area contributed by atoms with Gasteiger partial charge in [-0.05, 0) is 50.0 Å². The summed E-state index contributed by atoms with van der Waals surface area (Å²) < 4.78 is 5.08. The molecule has 0 radical (unpaired) electrons. The van der Waals surface area contributed by atoms with E-state index >= 15 is 0 Å². The molecule has 0 aliphatic heterocycles. The number of carbonyl (C=O) groups excluding carboxylic acids is 2. The summed E-state index contributed by atoms with van der Waals surface area (Å²) in [5, 5.41) is 3.08. The Morgan fingerprint density at radius 2 is 1.41 bits per heavy atom. The van der Waals surface area contributed by atoms with Gasteiger partial charge in [-0.15, -0.1) is 0 Å². The van der Waals surface area contributed by atoms with Crippen LogP contribution in [-0.4, -0.2) is 25.4 Å². The first-order valence-corrected chi connectivity index (χ1v) is 12.4. The molecule has 0 fully saturated rings. The highest BCUT2D eigenvalue weighted by atomic mass is 31.1. The van der Waals surface area contributed by atoms with E-state index in [1.807, 2.05) is 42.5 Å². The summed E-state index contributed by atoms with van der Waals surface area (Å²) in [5.74, 6) is -0.286. The highest BCUT2D eigenvalue weighted by Gasteiger charge is 2.24. The lowest BCUT2D eigenvalue weighted by atomic mass is 10.0. The van der Waals surface area contributed by atoms with Gasteiger partial charge in [0, 0.05) is 17.3 Å². The van der Waals surface area contributed by atoms with Gasteiger partial charge < -0.3 is 10.5 Å². The molecule has 0 spiro atoms. The fourth-order valence-corrected chi connectivity index (χ4v) is 6.15. The van der Waals surface area contributed by atoms with Crippen LogP contribution in [0.2, 0.25) is 0 Å². The lowest BCUT2D eigenvalue weighted by molar-refractivity contribution is 0.0602. The second kappa shape index (κ2) is 12.3. The van der Waals surface area contributed by atoms with Crippen molar-refractivity contribution in [2.45, 2.75) is 32.1 Å². The van der Waals surface area contributed by atoms with Gasteiger partial charge >= 0.3 is 5.97 Å². The fourth-order valence-electron chi connectivity index (χ4n) is 3.68. The van der Waals surface area contributed by atoms with Gasteiger partial charge in [-0.1, -0.05) is 79.6 Å². The summed E-state index contributed by atoms with van der Waals surface area (Å²) in [6.07, 6.45) is 4.38. The zero-order valence-corrected chi connectivity index (χ0v) is 19.4. The molecule has 0 unspecified atom stereocenters. The molecule has 0 aromatic heterocycles. The van der Waals surface area contributed by atoms with E-state index in [0.717, 1.165) is 41.6 Å². The molecule has 0 heterocycles. The van der Waals surface area contributed by atoms with Crippen molar-refractivity contribution < 1.29 is 14.3 Å². The Kier molecular flexibility index (Phi) is 9.15. The molecule has 0 aliphatic carbocycles. The van der Waals surface area contributed by atoms with Gasteiger partial charge in [0.15, 0.2) is 5.78 Å². The number of ketones is 1. The minimum absolute atomic E-state index is 0.103. The lowest BCUT2D eigenvalue weighted by Crippen LogP contribution is -2.26. The second-order valence-electron chi connectivity index (χ2n) is 7.61. The van der Waals surface area contributed by atoms with E-state index in [1.165, 1.54) is 7.11 Å². The van der Waals surface area contributed by atoms with Crippen molar-refractivity contribution in [1.82, 2.24) is 0 Å². The third-order valence-corrected chi connectivity index (χ3v) is 7.83. The van der Waals surface area contributed by atoms with Gasteiger partial charge in [-0.25, -0.2) is 4.79 Å². The van der Waals surface area contributed by atoms with Crippen LogP contribution in [0.5, 0.6) is 0 Å². The zero-order chi connectivity index (χ0) is 22.8. The van der Waals surface area contributed by atoms with E-state index in [4.69, 9.17) is 10.5 Å². The van der Waals surface area contributed by atoms with Crippen LogP contribution >= 0.6 is 7.92 Å². The Labute approximate surface area is 191 Å². The molecule has 4 nitrogen and oxygen atoms in total. The van der Waals surface area contributed by atoms with Crippen molar-refractivity contribution in [1.29, 1.82) is 0 Å². The highest BCUT2D eigenvalue weighted by molar-refractivity contribution is 7.80. The number of rotatable bonds is 11. The average Bonchev–Trinajstić information content (AvgIpc) is 2.85. The van der Waals surface area contributed by atoms with Crippen LogP contribution in [0.3, 0.4) is 0 Å². The molecule has 0 atom stereocenters. The molecule has 0 saturated carbocycles. The number of Topliss-reactive ketones (excluding diaryl/α,β-unsaturated/α-hetero) is 1. The van der Waals surface area contributed by atoms with Crippen LogP contribution in [0, 0.1) is 0 Å². The highest BCUT2D eigenvalue weighted by Crippen LogP contribution is 2.35. The van der Waals surface area contributed by atoms with Crippen molar-refractivity contribution in [2.75, 3.05) is 13.7 Å². The van der Waals surface area contributed by atoms with Crippen LogP contribution in [0.1, 0.15) is 52.8 Å². The number of methoxy groups -OCH3 is 1. The predicted octanol–water partition coefficient (Wildman–Crippen LogP) is 4.32. The zero-order valence-electron chi connectivity index (χ0n) is 18.5. The van der Waals surface area contributed by atoms with E-state index in [0.29, 0.717) is 24.1 Å². The number of hydrogen-bond donors (Lipinski definition) is 1. The Morgan fingerprint density at radius 3 is 1.97 bits per heavy atom. The van der Waals surface area contributed by atoms with Crippen LogP contribution in [0.25, 0.3) is 0 Å². The number of unbranched alkanes of at least 4 members (excludes halogenated alkanes) is 3. The molecule has 0 amide bonds. The van der Waals surface area contributed by atoms with Gasteiger partial charge in [0.1, 0.15) is 0 Å². The largest absolute Gasteiger partial charge is 0.465 e. The maximum atomic E-state index is 12.9. The standard InChI is InChI=1S/C27H30NO3P/c1-31-27(30)24-18-17-21(25(29)16-10-2-3-11-19-28)20-26(24)32(22-12-6-4-7-13-22)23-14-8-5-9-15-23/h4-9,12-15,17-18,20H,2-3,10-11,16,19,28H2,1H3. The molecule has 0 saturated heterocycles. The number of benzene rings is 3. The SMILES string of the molecule is COC(=O)c1ccc(C(=O)CCCCCCN)cc1P(c1ccccc1)c1ccccc1. The number of ether oxygens (including phenoxy) is 1. The molecule has 0 bridgehead atoms. The molecule has 5 heteroatoms. The van der Waals surface area contributed by atoms with Crippen molar-refractivity contribution in [2.24, 2.45) is 5.73 Å². The molecule has 32 heavy (non-hydrogen) atoms. The molecule has 166 valence electrons. The van der Waals surface area contributed by atoms with Crippen LogP contribution < -0.4 is 21.6 Å². The monoisotopic (exact) mass is 447 g/mol. The molecule has 2 N–H and O–H groups in total. The van der Waals surface area contributed by atoms with Gasteiger partial charge in [-0.2, -0.15) is 0 Å². The Bertz CT molecular complexity index is 982. The van der Waals surface area contributed by atoms with E-state index in [9.17, 15) is 9.59 Å². The summed E-state index contributed by atoms with van der Waals surface area (Å²) >= 11 is 0. The van der Waals surface area contributed by atoms with Crippen LogP contribution in [0.15, 0.2) is 78.9 Å². The third-order valence-electron chi connectivity index (χ3n) is 5.35. The minimum atomic E-state index is -1.03. The Balaban J connectivity index is 2.01. The topological polar surface area (TPSA) is 69.4 Å². The maximum absolute atomic E-state index is 12.9. The van der Waals surface area contributed by atoms with Gasteiger partial charge in [-0.3, -0.25) is 4.79 Å². The first kappa shape index (κ1) is 23.8. The van der Waals surface area contributed by atoms with Crippen LogP contribution in [-0.2, 0) is 4.74 Å². The normalized spacial score (nSPS) is 10.8. The quantitative estimate of drug-likeness (QED) is 0.206. The Hall–Kier alpha value is -2.81. The first-order chi connectivity index (χ1) is 15.7. The average molecular weight is 448 g/mol. The first-order valence-electron chi connectivity index (χ1n) is 11.0. The summed E-state index contributed by atoms with van der Waals surface area (Å²) in [6, 6.07) is 25.7. The molecule has 3 aromatic rings. The summed E-state index contributed by atoms with van der Waals surface area (Å²) in [7, 11) is 0.355. The van der Waals surface area contributed by atoms with E-state index in [1.54, 1.807) is 12.1 Å². The molecule has 3 rings (SSSR count). The molecular weight excluding hydrogens is 417 g/mol. The second-order valence-corrected chi connectivity index (χ2v) is 9.79. The maximum Gasteiger partial charge on any atom is 0.338 e. The van der Waals surface area contributed by atoms with E-state index in [2.05, 4.69) is 24.3 Å². The third kappa shape index (κ3) is 6.12. The number of esters is 1.